The van der Waals surface area contributed by atoms with Crippen LogP contribution < -0.4 is 10.6 Å². The lowest BCUT2D eigenvalue weighted by atomic mass is 9.85. The average Bonchev–Trinajstić information content (AvgIpc) is 2.73. The summed E-state index contributed by atoms with van der Waals surface area (Å²) in [4.78, 5) is 25.5. The Bertz CT molecular complexity index is 779. The van der Waals surface area contributed by atoms with Gasteiger partial charge in [0.2, 0.25) is 11.8 Å². The van der Waals surface area contributed by atoms with Crippen molar-refractivity contribution in [2.45, 2.75) is 38.3 Å². The highest BCUT2D eigenvalue weighted by Crippen LogP contribution is 2.29. The molecule has 5 nitrogen and oxygen atoms in total. The van der Waals surface area contributed by atoms with Gasteiger partial charge in [-0.25, -0.2) is 0 Å². The van der Waals surface area contributed by atoms with Crippen LogP contribution in [0.3, 0.4) is 0 Å². The van der Waals surface area contributed by atoms with Crippen molar-refractivity contribution in [1.82, 2.24) is 15.5 Å². The van der Waals surface area contributed by atoms with E-state index in [4.69, 9.17) is 0 Å². The molecule has 2 aromatic carbocycles. The van der Waals surface area contributed by atoms with Gasteiger partial charge in [-0.2, -0.15) is 0 Å². The van der Waals surface area contributed by atoms with Gasteiger partial charge in [0.15, 0.2) is 0 Å². The number of carbonyl (C=O) groups is 2. The van der Waals surface area contributed by atoms with Gasteiger partial charge in [0.05, 0.1) is 6.54 Å². The molecule has 28 heavy (non-hydrogen) atoms. The number of nitrogens with one attached hydrogen (secondary N) is 2. The molecule has 1 fully saturated rings. The van der Waals surface area contributed by atoms with Crippen LogP contribution in [0.1, 0.15) is 43.4 Å². The van der Waals surface area contributed by atoms with Crippen LogP contribution in [0.2, 0.25) is 0 Å². The summed E-state index contributed by atoms with van der Waals surface area (Å²) in [5.41, 5.74) is 2.50. The number of rotatable bonds is 6. The standard InChI is InChI=1S/C23H29N3O2/c1-17(19-9-5-3-6-10-19)25-22-13-14-26(23(28)15-24-18(2)27)16-21(22)20-11-7-4-8-12-20/h3-12,17,21-22,25H,13-16H2,1-2H3,(H,24,27)/t17?,21-,22-/m0/s1. The van der Waals surface area contributed by atoms with Crippen molar-refractivity contribution in [1.29, 1.82) is 0 Å². The maximum absolute atomic E-state index is 12.5. The Labute approximate surface area is 167 Å². The van der Waals surface area contributed by atoms with Crippen molar-refractivity contribution in [2.24, 2.45) is 0 Å². The molecule has 1 unspecified atom stereocenters. The predicted molar refractivity (Wildman–Crippen MR) is 111 cm³/mol. The highest BCUT2D eigenvalue weighted by molar-refractivity contribution is 5.83. The van der Waals surface area contributed by atoms with E-state index >= 15 is 0 Å². The van der Waals surface area contributed by atoms with Gasteiger partial charge in [0.1, 0.15) is 0 Å². The summed E-state index contributed by atoms with van der Waals surface area (Å²) in [6, 6.07) is 21.3. The van der Waals surface area contributed by atoms with Crippen LogP contribution in [0.4, 0.5) is 0 Å². The number of hydrogen-bond donors (Lipinski definition) is 2. The molecule has 0 aliphatic carbocycles. The lowest BCUT2D eigenvalue weighted by molar-refractivity contribution is -0.133. The topological polar surface area (TPSA) is 61.4 Å². The zero-order chi connectivity index (χ0) is 19.9. The number of hydrogen-bond acceptors (Lipinski definition) is 3. The Morgan fingerprint density at radius 1 is 1.07 bits per heavy atom. The van der Waals surface area contributed by atoms with Gasteiger partial charge >= 0.3 is 0 Å². The fourth-order valence-electron chi connectivity index (χ4n) is 3.89. The summed E-state index contributed by atoms with van der Waals surface area (Å²) in [6.07, 6.45) is 0.878. The number of nitrogens with zero attached hydrogens (tertiary/aromatic N) is 1. The number of carbonyl (C=O) groups excluding carboxylic acids is 2. The van der Waals surface area contributed by atoms with Crippen LogP contribution in [0.5, 0.6) is 0 Å². The first-order chi connectivity index (χ1) is 13.5. The molecule has 1 heterocycles. The van der Waals surface area contributed by atoms with E-state index in [1.165, 1.54) is 18.1 Å². The molecular formula is C23H29N3O2. The molecule has 1 aliphatic heterocycles. The minimum Gasteiger partial charge on any atom is -0.347 e. The van der Waals surface area contributed by atoms with E-state index in [-0.39, 0.29) is 36.4 Å². The normalized spacial score (nSPS) is 20.4. The fraction of sp³-hybridized carbons (Fsp3) is 0.391. The molecule has 2 amide bonds. The van der Waals surface area contributed by atoms with E-state index in [0.717, 1.165) is 6.42 Å². The second-order valence-corrected chi connectivity index (χ2v) is 7.46. The maximum atomic E-state index is 12.5. The smallest absolute Gasteiger partial charge is 0.241 e. The molecule has 1 aliphatic rings. The molecular weight excluding hydrogens is 350 g/mol. The molecule has 2 aromatic rings. The molecule has 0 radical (unpaired) electrons. The fourth-order valence-corrected chi connectivity index (χ4v) is 3.89. The first-order valence-electron chi connectivity index (χ1n) is 9.92. The molecule has 3 rings (SSSR count). The summed E-state index contributed by atoms with van der Waals surface area (Å²) in [7, 11) is 0. The third-order valence-electron chi connectivity index (χ3n) is 5.45. The molecule has 148 valence electrons. The quantitative estimate of drug-likeness (QED) is 0.811. The van der Waals surface area contributed by atoms with Crippen molar-refractivity contribution in [2.75, 3.05) is 19.6 Å². The van der Waals surface area contributed by atoms with Crippen LogP contribution in [0.25, 0.3) is 0 Å². The van der Waals surface area contributed by atoms with Crippen LogP contribution in [0.15, 0.2) is 60.7 Å². The summed E-state index contributed by atoms with van der Waals surface area (Å²) >= 11 is 0. The van der Waals surface area contributed by atoms with E-state index in [1.54, 1.807) is 0 Å². The Morgan fingerprint density at radius 2 is 1.71 bits per heavy atom. The minimum absolute atomic E-state index is 0.0225. The van der Waals surface area contributed by atoms with Crippen molar-refractivity contribution in [3.05, 3.63) is 71.8 Å². The van der Waals surface area contributed by atoms with E-state index in [1.807, 2.05) is 29.2 Å². The van der Waals surface area contributed by atoms with Crippen molar-refractivity contribution >= 4 is 11.8 Å². The lowest BCUT2D eigenvalue weighted by Gasteiger charge is -2.40. The largest absolute Gasteiger partial charge is 0.347 e. The van der Waals surface area contributed by atoms with Gasteiger partial charge in [-0.1, -0.05) is 60.7 Å². The Morgan fingerprint density at radius 3 is 2.36 bits per heavy atom. The van der Waals surface area contributed by atoms with Gasteiger partial charge in [0, 0.05) is 38.0 Å². The Kier molecular flexibility index (Phi) is 6.82. The number of benzene rings is 2. The van der Waals surface area contributed by atoms with Gasteiger partial charge in [-0.3, -0.25) is 9.59 Å². The van der Waals surface area contributed by atoms with Crippen molar-refractivity contribution in [3.8, 4) is 0 Å². The monoisotopic (exact) mass is 379 g/mol. The van der Waals surface area contributed by atoms with Crippen LogP contribution in [-0.2, 0) is 9.59 Å². The highest BCUT2D eigenvalue weighted by atomic mass is 16.2. The SMILES string of the molecule is CC(=O)NCC(=O)N1CC[C@H](NC(C)c2ccccc2)[C@H](c2ccccc2)C1. The summed E-state index contributed by atoms with van der Waals surface area (Å²) in [5, 5.41) is 6.40. The first-order valence-corrected chi connectivity index (χ1v) is 9.92. The molecule has 0 aromatic heterocycles. The van der Waals surface area contributed by atoms with Gasteiger partial charge in [-0.15, -0.1) is 0 Å². The Hall–Kier alpha value is -2.66. The zero-order valence-corrected chi connectivity index (χ0v) is 16.6. The third-order valence-corrected chi connectivity index (χ3v) is 5.45. The number of amides is 2. The van der Waals surface area contributed by atoms with E-state index in [9.17, 15) is 9.59 Å². The summed E-state index contributed by atoms with van der Waals surface area (Å²) < 4.78 is 0. The van der Waals surface area contributed by atoms with Crippen molar-refractivity contribution < 1.29 is 9.59 Å². The first kappa shape index (κ1) is 20.1. The van der Waals surface area contributed by atoms with Crippen LogP contribution in [0, 0.1) is 0 Å². The van der Waals surface area contributed by atoms with Crippen LogP contribution >= 0.6 is 0 Å². The van der Waals surface area contributed by atoms with E-state index in [2.05, 4.69) is 54.0 Å². The summed E-state index contributed by atoms with van der Waals surface area (Å²) in [6.45, 7) is 5.03. The summed E-state index contributed by atoms with van der Waals surface area (Å²) in [5.74, 6) is 0.00859. The second kappa shape index (κ2) is 9.51. The molecule has 0 bridgehead atoms. The average molecular weight is 380 g/mol. The van der Waals surface area contributed by atoms with E-state index in [0.29, 0.717) is 13.1 Å². The highest BCUT2D eigenvalue weighted by Gasteiger charge is 2.33. The second-order valence-electron chi connectivity index (χ2n) is 7.46. The lowest BCUT2D eigenvalue weighted by Crippen LogP contribution is -2.52. The van der Waals surface area contributed by atoms with Gasteiger partial charge in [0.25, 0.3) is 0 Å². The minimum atomic E-state index is -0.179. The molecule has 0 saturated carbocycles. The van der Waals surface area contributed by atoms with Crippen molar-refractivity contribution in [3.63, 3.8) is 0 Å². The van der Waals surface area contributed by atoms with Gasteiger partial charge < -0.3 is 15.5 Å². The van der Waals surface area contributed by atoms with Crippen LogP contribution in [-0.4, -0.2) is 42.4 Å². The molecule has 1 saturated heterocycles. The third kappa shape index (κ3) is 5.20. The molecule has 2 N–H and O–H groups in total. The Balaban J connectivity index is 1.73. The molecule has 3 atom stereocenters. The number of likely N-dealkylation sites (tertiary alicyclic amines) is 1. The van der Waals surface area contributed by atoms with E-state index < -0.39 is 0 Å². The molecule has 5 heteroatoms. The predicted octanol–water partition coefficient (Wildman–Crippen LogP) is 2.86. The zero-order valence-electron chi connectivity index (χ0n) is 16.6. The number of piperidine rings is 1. The molecule has 0 spiro atoms. The van der Waals surface area contributed by atoms with Gasteiger partial charge in [-0.05, 0) is 24.5 Å². The maximum Gasteiger partial charge on any atom is 0.241 e.